The molecule has 0 amide bonds. The summed E-state index contributed by atoms with van der Waals surface area (Å²) in [6.07, 6.45) is 3.28. The highest BCUT2D eigenvalue weighted by Crippen LogP contribution is 2.36. The van der Waals surface area contributed by atoms with Crippen molar-refractivity contribution in [1.82, 2.24) is 15.3 Å². The van der Waals surface area contributed by atoms with Gasteiger partial charge in [-0.2, -0.15) is 0 Å². The van der Waals surface area contributed by atoms with E-state index in [2.05, 4.69) is 15.3 Å². The first-order chi connectivity index (χ1) is 12.8. The first-order valence-corrected chi connectivity index (χ1v) is 9.41. The van der Waals surface area contributed by atoms with Gasteiger partial charge in [-0.15, -0.1) is 11.3 Å². The van der Waals surface area contributed by atoms with Crippen LogP contribution in [0.2, 0.25) is 0 Å². The Balaban J connectivity index is 1.55. The van der Waals surface area contributed by atoms with Gasteiger partial charge in [0.15, 0.2) is 0 Å². The van der Waals surface area contributed by atoms with Gasteiger partial charge in [-0.05, 0) is 36.7 Å². The van der Waals surface area contributed by atoms with Crippen molar-refractivity contribution in [1.29, 1.82) is 0 Å². The Morgan fingerprint density at radius 3 is 2.96 bits per heavy atom. The molecule has 0 aliphatic carbocycles. The molecule has 0 radical (unpaired) electrons. The van der Waals surface area contributed by atoms with E-state index in [-0.39, 0.29) is 0 Å². The van der Waals surface area contributed by atoms with Crippen molar-refractivity contribution in [2.24, 2.45) is 0 Å². The third kappa shape index (κ3) is 3.20. The van der Waals surface area contributed by atoms with Crippen molar-refractivity contribution in [3.8, 4) is 17.4 Å². The van der Waals surface area contributed by atoms with Crippen LogP contribution >= 0.6 is 11.3 Å². The maximum Gasteiger partial charge on any atom is 0.225 e. The summed E-state index contributed by atoms with van der Waals surface area (Å²) in [5.74, 6) is 2.32. The van der Waals surface area contributed by atoms with Crippen LogP contribution in [0.1, 0.15) is 16.0 Å². The molecule has 0 saturated heterocycles. The molecule has 1 aliphatic rings. The molecule has 26 heavy (non-hydrogen) atoms. The minimum atomic E-state index is 0.512. The molecule has 0 spiro atoms. The van der Waals surface area contributed by atoms with Gasteiger partial charge < -0.3 is 19.5 Å². The van der Waals surface area contributed by atoms with Gasteiger partial charge in [-0.1, -0.05) is 0 Å². The first-order valence-electron chi connectivity index (χ1n) is 8.60. The number of hydrogen-bond acceptors (Lipinski definition) is 7. The Hall–Kier alpha value is -2.38. The van der Waals surface area contributed by atoms with Gasteiger partial charge >= 0.3 is 0 Å². The second-order valence-corrected chi connectivity index (χ2v) is 7.15. The van der Waals surface area contributed by atoms with E-state index in [4.69, 9.17) is 14.2 Å². The normalized spacial score (nSPS) is 13.5. The van der Waals surface area contributed by atoms with E-state index in [1.807, 2.05) is 18.2 Å². The van der Waals surface area contributed by atoms with Crippen molar-refractivity contribution in [2.45, 2.75) is 19.4 Å². The van der Waals surface area contributed by atoms with Crippen LogP contribution < -0.4 is 19.5 Å². The molecule has 4 rings (SSSR count). The lowest BCUT2D eigenvalue weighted by Gasteiger charge is -2.14. The maximum atomic E-state index is 6.06. The van der Waals surface area contributed by atoms with Crippen LogP contribution in [0.4, 0.5) is 0 Å². The second-order valence-electron chi connectivity index (χ2n) is 6.07. The van der Waals surface area contributed by atoms with Crippen LogP contribution in [0.25, 0.3) is 10.2 Å². The Kier molecular flexibility index (Phi) is 4.90. The molecular weight excluding hydrogens is 350 g/mol. The lowest BCUT2D eigenvalue weighted by molar-refractivity contribution is 0.309. The number of rotatable bonds is 6. The van der Waals surface area contributed by atoms with E-state index in [0.717, 1.165) is 46.8 Å². The Labute approximate surface area is 156 Å². The third-order valence-electron chi connectivity index (χ3n) is 4.57. The van der Waals surface area contributed by atoms with E-state index in [1.54, 1.807) is 31.9 Å². The number of hydrogen-bond donors (Lipinski definition) is 1. The van der Waals surface area contributed by atoms with Gasteiger partial charge in [0.05, 0.1) is 26.2 Å². The standard InChI is InChI=1S/C19H21N3O3S/c1-23-13-3-4-15(24-2)12(9-13)6-8-25-18-17-14-5-7-20-10-16(14)26-19(17)22-11-21-18/h3-4,9,11,20H,5-8,10H2,1-2H3. The van der Waals surface area contributed by atoms with Crippen LogP contribution in [0.15, 0.2) is 24.5 Å². The molecular formula is C19H21N3O3S. The number of aromatic nitrogens is 2. The average molecular weight is 371 g/mol. The monoisotopic (exact) mass is 371 g/mol. The molecule has 1 aromatic carbocycles. The predicted molar refractivity (Wildman–Crippen MR) is 102 cm³/mol. The fourth-order valence-corrected chi connectivity index (χ4v) is 4.42. The molecule has 6 nitrogen and oxygen atoms in total. The number of thiophene rings is 1. The molecule has 2 aromatic heterocycles. The number of nitrogens with zero attached hydrogens (tertiary/aromatic N) is 2. The molecule has 0 unspecified atom stereocenters. The zero-order chi connectivity index (χ0) is 17.9. The molecule has 136 valence electrons. The van der Waals surface area contributed by atoms with Crippen LogP contribution in [-0.2, 0) is 19.4 Å². The summed E-state index contributed by atoms with van der Waals surface area (Å²) < 4.78 is 16.8. The Bertz CT molecular complexity index is 926. The van der Waals surface area contributed by atoms with Crippen LogP contribution in [0, 0.1) is 0 Å². The molecule has 7 heteroatoms. The lowest BCUT2D eigenvalue weighted by Crippen LogP contribution is -2.22. The number of nitrogens with one attached hydrogen (secondary N) is 1. The first kappa shape index (κ1) is 17.1. The van der Waals surface area contributed by atoms with Crippen LogP contribution in [0.3, 0.4) is 0 Å². The summed E-state index contributed by atoms with van der Waals surface area (Å²) in [7, 11) is 3.33. The van der Waals surface area contributed by atoms with Crippen molar-refractivity contribution in [3.63, 3.8) is 0 Å². The highest BCUT2D eigenvalue weighted by Gasteiger charge is 2.20. The van der Waals surface area contributed by atoms with Gasteiger partial charge in [0.1, 0.15) is 22.7 Å². The highest BCUT2D eigenvalue weighted by molar-refractivity contribution is 7.18. The molecule has 1 aliphatic heterocycles. The predicted octanol–water partition coefficient (Wildman–Crippen LogP) is 2.98. The summed E-state index contributed by atoms with van der Waals surface area (Å²) in [5.41, 5.74) is 2.38. The van der Waals surface area contributed by atoms with Crippen LogP contribution in [0.5, 0.6) is 17.4 Å². The third-order valence-corrected chi connectivity index (χ3v) is 5.71. The molecule has 3 aromatic rings. The zero-order valence-corrected chi connectivity index (χ0v) is 15.7. The van der Waals surface area contributed by atoms with Crippen molar-refractivity contribution in [2.75, 3.05) is 27.4 Å². The van der Waals surface area contributed by atoms with E-state index < -0.39 is 0 Å². The fourth-order valence-electron chi connectivity index (χ4n) is 3.27. The maximum absolute atomic E-state index is 6.06. The molecule has 0 fully saturated rings. The SMILES string of the molecule is COc1ccc(OC)c(CCOc2ncnc3sc4c(c23)CCNC4)c1. The Morgan fingerprint density at radius 1 is 1.19 bits per heavy atom. The molecule has 0 atom stereocenters. The molecule has 0 saturated carbocycles. The molecule has 0 bridgehead atoms. The summed E-state index contributed by atoms with van der Waals surface area (Å²) in [6, 6.07) is 5.79. The second kappa shape index (κ2) is 7.47. The smallest absolute Gasteiger partial charge is 0.225 e. The summed E-state index contributed by atoms with van der Waals surface area (Å²) in [5, 5.41) is 4.48. The van der Waals surface area contributed by atoms with Crippen LogP contribution in [-0.4, -0.2) is 37.3 Å². The highest BCUT2D eigenvalue weighted by atomic mass is 32.1. The van der Waals surface area contributed by atoms with Gasteiger partial charge in [0.25, 0.3) is 0 Å². The number of benzene rings is 1. The zero-order valence-electron chi connectivity index (χ0n) is 14.9. The molecule has 1 N–H and O–H groups in total. The number of fused-ring (bicyclic) bond motifs is 3. The van der Waals surface area contributed by atoms with Gasteiger partial charge in [-0.25, -0.2) is 9.97 Å². The van der Waals surface area contributed by atoms with E-state index in [9.17, 15) is 0 Å². The quantitative estimate of drug-likeness (QED) is 0.719. The fraction of sp³-hybridized carbons (Fsp3) is 0.368. The number of methoxy groups -OCH3 is 2. The number of ether oxygens (including phenoxy) is 3. The molecule has 3 heterocycles. The Morgan fingerprint density at radius 2 is 2.12 bits per heavy atom. The average Bonchev–Trinajstić information content (AvgIpc) is 3.07. The topological polar surface area (TPSA) is 65.5 Å². The van der Waals surface area contributed by atoms with Crippen molar-refractivity contribution >= 4 is 21.6 Å². The summed E-state index contributed by atoms with van der Waals surface area (Å²) in [6.45, 7) is 2.39. The summed E-state index contributed by atoms with van der Waals surface area (Å²) in [4.78, 5) is 11.2. The van der Waals surface area contributed by atoms with E-state index in [0.29, 0.717) is 18.9 Å². The van der Waals surface area contributed by atoms with Gasteiger partial charge in [0, 0.05) is 23.4 Å². The lowest BCUT2D eigenvalue weighted by atomic mass is 10.1. The minimum absolute atomic E-state index is 0.512. The summed E-state index contributed by atoms with van der Waals surface area (Å²) >= 11 is 1.72. The minimum Gasteiger partial charge on any atom is -0.497 e. The van der Waals surface area contributed by atoms with E-state index in [1.165, 1.54) is 10.4 Å². The van der Waals surface area contributed by atoms with Gasteiger partial charge in [-0.3, -0.25) is 0 Å². The van der Waals surface area contributed by atoms with Gasteiger partial charge in [0.2, 0.25) is 5.88 Å². The van der Waals surface area contributed by atoms with Crippen molar-refractivity contribution < 1.29 is 14.2 Å². The van der Waals surface area contributed by atoms with Crippen molar-refractivity contribution in [3.05, 3.63) is 40.5 Å². The van der Waals surface area contributed by atoms with E-state index >= 15 is 0 Å². The largest absolute Gasteiger partial charge is 0.497 e.